The molecule has 0 amide bonds. The van der Waals surface area contributed by atoms with Gasteiger partial charge in [-0.1, -0.05) is 30.3 Å². The Morgan fingerprint density at radius 1 is 1.21 bits per heavy atom. The lowest BCUT2D eigenvalue weighted by Gasteiger charge is -2.10. The van der Waals surface area contributed by atoms with E-state index in [4.69, 9.17) is 9.88 Å². The van der Waals surface area contributed by atoms with Crippen molar-refractivity contribution in [3.05, 3.63) is 42.0 Å². The van der Waals surface area contributed by atoms with E-state index in [1.165, 1.54) is 7.11 Å². The molecule has 0 atom stereocenters. The van der Waals surface area contributed by atoms with Crippen molar-refractivity contribution < 1.29 is 17.9 Å². The van der Waals surface area contributed by atoms with Gasteiger partial charge in [-0.05, 0) is 16.8 Å². The number of nitrogens with two attached hydrogens (primary N) is 1. The number of Topliss-reactive ketones (excluding diaryl/α,β-unsaturated/α-hetero) is 1. The zero-order valence-corrected chi connectivity index (χ0v) is 11.1. The summed E-state index contributed by atoms with van der Waals surface area (Å²) in [5, 5.41) is 6.40. The number of ketones is 1. The molecule has 0 aliphatic heterocycles. The number of hydrogen-bond acceptors (Lipinski definition) is 4. The van der Waals surface area contributed by atoms with E-state index >= 15 is 0 Å². The highest BCUT2D eigenvalue weighted by Gasteiger charge is 2.20. The molecule has 0 aliphatic carbocycles. The number of fused-ring (bicyclic) bond motifs is 1. The summed E-state index contributed by atoms with van der Waals surface area (Å²) in [6.45, 7) is 0. The minimum absolute atomic E-state index is 0.245. The Morgan fingerprint density at radius 2 is 1.89 bits per heavy atom. The Balaban J connectivity index is 2.65. The van der Waals surface area contributed by atoms with Gasteiger partial charge in [-0.25, -0.2) is 13.6 Å². The molecule has 0 aromatic heterocycles. The summed E-state index contributed by atoms with van der Waals surface area (Å²) in [6, 6.07) is 10.6. The summed E-state index contributed by atoms with van der Waals surface area (Å²) in [6.07, 6.45) is 0. The predicted octanol–water partition coefficient (Wildman–Crippen LogP) is 1.32. The molecule has 6 heteroatoms. The zero-order chi connectivity index (χ0) is 14.0. The molecular weight excluding hydrogens is 266 g/mol. The molecule has 2 N–H and O–H groups in total. The summed E-state index contributed by atoms with van der Waals surface area (Å²) in [5.74, 6) is -0.972. The Labute approximate surface area is 111 Å². The molecule has 2 aromatic carbocycles. The van der Waals surface area contributed by atoms with Crippen LogP contribution in [-0.2, 0) is 10.0 Å². The highest BCUT2D eigenvalue weighted by Crippen LogP contribution is 2.28. The molecule has 0 bridgehead atoms. The average Bonchev–Trinajstić information content (AvgIpc) is 2.35. The van der Waals surface area contributed by atoms with Gasteiger partial charge in [-0.2, -0.15) is 0 Å². The number of methoxy groups -OCH3 is 1. The van der Waals surface area contributed by atoms with Crippen LogP contribution in [0, 0.1) is 0 Å². The number of carbonyl (C=O) groups excluding carboxylic acids is 1. The van der Waals surface area contributed by atoms with Gasteiger partial charge in [0.25, 0.3) is 0 Å². The topological polar surface area (TPSA) is 86.5 Å². The quantitative estimate of drug-likeness (QED) is 0.855. The number of sulfonamides is 1. The largest absolute Gasteiger partial charge is 0.496 e. The van der Waals surface area contributed by atoms with E-state index in [0.29, 0.717) is 11.1 Å². The van der Waals surface area contributed by atoms with E-state index in [-0.39, 0.29) is 5.56 Å². The molecule has 0 saturated carbocycles. The fourth-order valence-electron chi connectivity index (χ4n) is 1.96. The summed E-state index contributed by atoms with van der Waals surface area (Å²) in [4.78, 5) is 12.1. The van der Waals surface area contributed by atoms with Crippen molar-refractivity contribution in [3.8, 4) is 5.75 Å². The Morgan fingerprint density at radius 3 is 2.53 bits per heavy atom. The average molecular weight is 279 g/mol. The summed E-state index contributed by atoms with van der Waals surface area (Å²) >= 11 is 0. The standard InChI is InChI=1S/C13H13NO4S/c1-18-12-7-6-9-4-2-3-5-10(9)13(12)11(15)8-19(14,16)17/h2-7H,8H2,1H3,(H2,14,16,17). The first-order valence-corrected chi connectivity index (χ1v) is 7.23. The molecule has 0 fully saturated rings. The van der Waals surface area contributed by atoms with Crippen molar-refractivity contribution in [2.75, 3.05) is 12.9 Å². The van der Waals surface area contributed by atoms with Crippen molar-refractivity contribution in [2.24, 2.45) is 5.14 Å². The van der Waals surface area contributed by atoms with Gasteiger partial charge in [0.15, 0.2) is 5.78 Å². The van der Waals surface area contributed by atoms with Crippen LogP contribution < -0.4 is 9.88 Å². The molecule has 0 saturated heterocycles. The third kappa shape index (κ3) is 2.91. The fourth-order valence-corrected chi connectivity index (χ4v) is 2.47. The Bertz CT molecular complexity index is 737. The lowest BCUT2D eigenvalue weighted by molar-refractivity contribution is 0.102. The molecular formula is C13H13NO4S. The van der Waals surface area contributed by atoms with Crippen LogP contribution in [0.1, 0.15) is 10.4 Å². The minimum Gasteiger partial charge on any atom is -0.496 e. The van der Waals surface area contributed by atoms with E-state index < -0.39 is 21.6 Å². The minimum atomic E-state index is -3.87. The van der Waals surface area contributed by atoms with Gasteiger partial charge in [0.05, 0.1) is 12.7 Å². The number of primary sulfonamides is 1. The molecule has 2 rings (SSSR count). The van der Waals surface area contributed by atoms with Gasteiger partial charge in [-0.15, -0.1) is 0 Å². The smallest absolute Gasteiger partial charge is 0.216 e. The molecule has 100 valence electrons. The van der Waals surface area contributed by atoms with Crippen LogP contribution in [0.25, 0.3) is 10.8 Å². The summed E-state index contributed by atoms with van der Waals surface area (Å²) in [7, 11) is -2.44. The van der Waals surface area contributed by atoms with E-state index in [1.54, 1.807) is 18.2 Å². The van der Waals surface area contributed by atoms with Crippen LogP contribution in [0.4, 0.5) is 0 Å². The second-order valence-corrected chi connectivity index (χ2v) is 5.71. The summed E-state index contributed by atoms with van der Waals surface area (Å²) in [5.41, 5.74) is 0.245. The van der Waals surface area contributed by atoms with Crippen LogP contribution in [0.5, 0.6) is 5.75 Å². The normalized spacial score (nSPS) is 11.5. The number of ether oxygens (including phenoxy) is 1. The van der Waals surface area contributed by atoms with Gasteiger partial charge in [0.1, 0.15) is 11.5 Å². The lowest BCUT2D eigenvalue weighted by atomic mass is 10.0. The van der Waals surface area contributed by atoms with Gasteiger partial charge in [0, 0.05) is 0 Å². The van der Waals surface area contributed by atoms with Crippen molar-refractivity contribution in [2.45, 2.75) is 0 Å². The molecule has 2 aromatic rings. The van der Waals surface area contributed by atoms with Gasteiger partial charge < -0.3 is 4.74 Å². The number of benzene rings is 2. The second kappa shape index (κ2) is 4.99. The van der Waals surface area contributed by atoms with Crippen LogP contribution in [-0.4, -0.2) is 27.1 Å². The number of carbonyl (C=O) groups is 1. The molecule has 19 heavy (non-hydrogen) atoms. The van der Waals surface area contributed by atoms with Crippen molar-refractivity contribution >= 4 is 26.6 Å². The highest BCUT2D eigenvalue weighted by atomic mass is 32.2. The molecule has 0 radical (unpaired) electrons. The van der Waals surface area contributed by atoms with Crippen molar-refractivity contribution in [3.63, 3.8) is 0 Å². The molecule has 5 nitrogen and oxygen atoms in total. The molecule has 0 unspecified atom stereocenters. The molecule has 0 spiro atoms. The third-order valence-corrected chi connectivity index (χ3v) is 3.39. The van der Waals surface area contributed by atoms with Crippen molar-refractivity contribution in [1.29, 1.82) is 0 Å². The zero-order valence-electron chi connectivity index (χ0n) is 10.3. The number of hydrogen-bond donors (Lipinski definition) is 1. The maximum absolute atomic E-state index is 12.1. The maximum atomic E-state index is 12.1. The first-order chi connectivity index (χ1) is 8.92. The molecule has 0 aliphatic rings. The van der Waals surface area contributed by atoms with Gasteiger partial charge in [0.2, 0.25) is 10.0 Å². The van der Waals surface area contributed by atoms with Crippen LogP contribution in [0.15, 0.2) is 36.4 Å². The van der Waals surface area contributed by atoms with Crippen LogP contribution in [0.2, 0.25) is 0 Å². The lowest BCUT2D eigenvalue weighted by Crippen LogP contribution is -2.23. The Hall–Kier alpha value is -1.92. The maximum Gasteiger partial charge on any atom is 0.216 e. The highest BCUT2D eigenvalue weighted by molar-refractivity contribution is 7.89. The van der Waals surface area contributed by atoms with E-state index in [9.17, 15) is 13.2 Å². The van der Waals surface area contributed by atoms with Crippen LogP contribution >= 0.6 is 0 Å². The molecule has 0 heterocycles. The third-order valence-electron chi connectivity index (χ3n) is 2.72. The number of rotatable bonds is 4. The van der Waals surface area contributed by atoms with E-state index in [0.717, 1.165) is 5.39 Å². The van der Waals surface area contributed by atoms with Crippen LogP contribution in [0.3, 0.4) is 0 Å². The second-order valence-electron chi connectivity index (χ2n) is 4.09. The monoisotopic (exact) mass is 279 g/mol. The first-order valence-electron chi connectivity index (χ1n) is 5.52. The van der Waals surface area contributed by atoms with E-state index in [1.807, 2.05) is 18.2 Å². The SMILES string of the molecule is COc1ccc2ccccc2c1C(=O)CS(N)(=O)=O. The first kappa shape index (κ1) is 13.5. The van der Waals surface area contributed by atoms with E-state index in [2.05, 4.69) is 0 Å². The Kier molecular flexibility index (Phi) is 3.55. The summed E-state index contributed by atoms with van der Waals surface area (Å²) < 4.78 is 27.3. The fraction of sp³-hybridized carbons (Fsp3) is 0.154. The van der Waals surface area contributed by atoms with Crippen molar-refractivity contribution in [1.82, 2.24) is 0 Å². The van der Waals surface area contributed by atoms with Gasteiger partial charge >= 0.3 is 0 Å². The predicted molar refractivity (Wildman–Crippen MR) is 72.8 cm³/mol. The van der Waals surface area contributed by atoms with Gasteiger partial charge in [-0.3, -0.25) is 4.79 Å².